The molecule has 0 saturated heterocycles. The molecular weight excluding hydrogens is 242 g/mol. The zero-order valence-electron chi connectivity index (χ0n) is 9.68. The van der Waals surface area contributed by atoms with Crippen LogP contribution in [0.3, 0.4) is 0 Å². The standard InChI is InChI=1S/C14H13N3S/c15-13(17-10-6-2-1-3-7-10)11-8-4-5-9-12(11)14(16)18/h1-9H,(H2,15,17)(H2,16,18). The van der Waals surface area contributed by atoms with Gasteiger partial charge in [-0.3, -0.25) is 5.41 Å². The van der Waals surface area contributed by atoms with Crippen molar-refractivity contribution in [3.05, 3.63) is 65.7 Å². The van der Waals surface area contributed by atoms with E-state index in [4.69, 9.17) is 23.4 Å². The number of anilines is 1. The van der Waals surface area contributed by atoms with E-state index in [0.717, 1.165) is 5.69 Å². The van der Waals surface area contributed by atoms with E-state index >= 15 is 0 Å². The average molecular weight is 255 g/mol. The second-order valence-electron chi connectivity index (χ2n) is 3.78. The summed E-state index contributed by atoms with van der Waals surface area (Å²) < 4.78 is 0. The number of nitrogens with one attached hydrogen (secondary N) is 2. The number of hydrogen-bond donors (Lipinski definition) is 3. The largest absolute Gasteiger partial charge is 0.389 e. The molecule has 2 aromatic carbocycles. The summed E-state index contributed by atoms with van der Waals surface area (Å²) in [4.78, 5) is 0.296. The van der Waals surface area contributed by atoms with Crippen molar-refractivity contribution in [1.82, 2.24) is 0 Å². The molecule has 2 rings (SSSR count). The minimum atomic E-state index is 0.282. The number of para-hydroxylation sites is 1. The van der Waals surface area contributed by atoms with Crippen LogP contribution in [-0.2, 0) is 0 Å². The maximum absolute atomic E-state index is 8.08. The van der Waals surface area contributed by atoms with Crippen molar-refractivity contribution in [3.8, 4) is 0 Å². The summed E-state index contributed by atoms with van der Waals surface area (Å²) in [5, 5.41) is 11.1. The monoisotopic (exact) mass is 255 g/mol. The fraction of sp³-hybridized carbons (Fsp3) is 0. The Bertz CT molecular complexity index is 579. The van der Waals surface area contributed by atoms with E-state index in [0.29, 0.717) is 16.1 Å². The lowest BCUT2D eigenvalue weighted by atomic mass is 10.1. The quantitative estimate of drug-likeness (QED) is 0.449. The van der Waals surface area contributed by atoms with Crippen LogP contribution in [0.2, 0.25) is 0 Å². The lowest BCUT2D eigenvalue weighted by molar-refractivity contribution is 1.43. The highest BCUT2D eigenvalue weighted by Crippen LogP contribution is 2.12. The van der Waals surface area contributed by atoms with Gasteiger partial charge in [0.05, 0.1) is 0 Å². The van der Waals surface area contributed by atoms with Gasteiger partial charge in [-0.05, 0) is 12.1 Å². The van der Waals surface area contributed by atoms with E-state index in [1.807, 2.05) is 54.6 Å². The highest BCUT2D eigenvalue weighted by atomic mass is 32.1. The molecule has 0 aliphatic heterocycles. The van der Waals surface area contributed by atoms with Gasteiger partial charge < -0.3 is 11.1 Å². The summed E-state index contributed by atoms with van der Waals surface area (Å²) >= 11 is 4.99. The Balaban J connectivity index is 2.27. The van der Waals surface area contributed by atoms with Crippen molar-refractivity contribution < 1.29 is 0 Å². The van der Waals surface area contributed by atoms with E-state index in [-0.39, 0.29) is 5.84 Å². The Hall–Kier alpha value is -2.20. The summed E-state index contributed by atoms with van der Waals surface area (Å²) in [6.45, 7) is 0. The highest BCUT2D eigenvalue weighted by molar-refractivity contribution is 7.80. The van der Waals surface area contributed by atoms with Crippen LogP contribution >= 0.6 is 12.2 Å². The van der Waals surface area contributed by atoms with Crippen molar-refractivity contribution in [1.29, 1.82) is 5.41 Å². The molecule has 0 spiro atoms. The first kappa shape index (κ1) is 12.3. The van der Waals surface area contributed by atoms with Gasteiger partial charge in [0.25, 0.3) is 0 Å². The second kappa shape index (κ2) is 5.42. The van der Waals surface area contributed by atoms with Crippen LogP contribution in [-0.4, -0.2) is 10.8 Å². The van der Waals surface area contributed by atoms with Gasteiger partial charge in [-0.2, -0.15) is 0 Å². The molecule has 90 valence electrons. The maximum atomic E-state index is 8.08. The summed E-state index contributed by atoms with van der Waals surface area (Å²) in [5.41, 5.74) is 7.93. The fourth-order valence-electron chi connectivity index (χ4n) is 1.65. The Morgan fingerprint density at radius 3 is 2.11 bits per heavy atom. The first-order valence-corrected chi connectivity index (χ1v) is 5.89. The van der Waals surface area contributed by atoms with Gasteiger partial charge in [-0.15, -0.1) is 0 Å². The summed E-state index contributed by atoms with van der Waals surface area (Å²) in [6.07, 6.45) is 0. The molecular formula is C14H13N3S. The van der Waals surface area contributed by atoms with E-state index < -0.39 is 0 Å². The van der Waals surface area contributed by atoms with Crippen molar-refractivity contribution in [2.24, 2.45) is 5.73 Å². The zero-order chi connectivity index (χ0) is 13.0. The predicted octanol–water partition coefficient (Wildman–Crippen LogP) is 2.76. The topological polar surface area (TPSA) is 61.9 Å². The molecule has 4 N–H and O–H groups in total. The van der Waals surface area contributed by atoms with Gasteiger partial charge in [-0.25, -0.2) is 0 Å². The third-order valence-corrected chi connectivity index (χ3v) is 2.72. The van der Waals surface area contributed by atoms with Gasteiger partial charge in [0.15, 0.2) is 0 Å². The van der Waals surface area contributed by atoms with Crippen LogP contribution in [0.1, 0.15) is 11.1 Å². The Labute approximate surface area is 111 Å². The molecule has 0 aromatic heterocycles. The number of nitrogens with two attached hydrogens (primary N) is 1. The lowest BCUT2D eigenvalue weighted by Gasteiger charge is -2.11. The van der Waals surface area contributed by atoms with Crippen molar-refractivity contribution in [3.63, 3.8) is 0 Å². The molecule has 0 bridgehead atoms. The molecule has 0 unspecified atom stereocenters. The Kier molecular flexibility index (Phi) is 3.69. The molecule has 0 fully saturated rings. The number of benzene rings is 2. The van der Waals surface area contributed by atoms with Gasteiger partial charge >= 0.3 is 0 Å². The van der Waals surface area contributed by atoms with Crippen molar-refractivity contribution in [2.75, 3.05) is 5.32 Å². The molecule has 0 radical (unpaired) electrons. The predicted molar refractivity (Wildman–Crippen MR) is 79.2 cm³/mol. The first-order chi connectivity index (χ1) is 8.68. The Morgan fingerprint density at radius 2 is 1.50 bits per heavy atom. The van der Waals surface area contributed by atoms with Gasteiger partial charge in [0, 0.05) is 16.8 Å². The normalized spacial score (nSPS) is 9.78. The van der Waals surface area contributed by atoms with Crippen LogP contribution < -0.4 is 11.1 Å². The summed E-state index contributed by atoms with van der Waals surface area (Å²) in [6, 6.07) is 16.9. The van der Waals surface area contributed by atoms with Crippen LogP contribution in [0.15, 0.2) is 54.6 Å². The molecule has 0 heterocycles. The van der Waals surface area contributed by atoms with Crippen LogP contribution in [0.4, 0.5) is 5.69 Å². The molecule has 0 amide bonds. The molecule has 0 atom stereocenters. The molecule has 2 aromatic rings. The van der Waals surface area contributed by atoms with Gasteiger partial charge in [0.1, 0.15) is 10.8 Å². The minimum absolute atomic E-state index is 0.282. The van der Waals surface area contributed by atoms with E-state index in [1.165, 1.54) is 0 Å². The zero-order valence-corrected chi connectivity index (χ0v) is 10.5. The second-order valence-corrected chi connectivity index (χ2v) is 4.22. The third kappa shape index (κ3) is 2.73. The maximum Gasteiger partial charge on any atom is 0.130 e. The number of thiocarbonyl (C=S) groups is 1. The molecule has 0 aliphatic rings. The number of rotatable bonds is 3. The van der Waals surface area contributed by atoms with Gasteiger partial charge in [-0.1, -0.05) is 54.7 Å². The average Bonchev–Trinajstić information content (AvgIpc) is 2.40. The van der Waals surface area contributed by atoms with Crippen LogP contribution in [0, 0.1) is 5.41 Å². The molecule has 4 heteroatoms. The Morgan fingerprint density at radius 1 is 0.944 bits per heavy atom. The summed E-state index contributed by atoms with van der Waals surface area (Å²) in [5.74, 6) is 0.282. The minimum Gasteiger partial charge on any atom is -0.389 e. The van der Waals surface area contributed by atoms with Crippen LogP contribution in [0.5, 0.6) is 0 Å². The van der Waals surface area contributed by atoms with Crippen molar-refractivity contribution in [2.45, 2.75) is 0 Å². The molecule has 0 aliphatic carbocycles. The molecule has 3 nitrogen and oxygen atoms in total. The third-order valence-electron chi connectivity index (χ3n) is 2.50. The van der Waals surface area contributed by atoms with Crippen molar-refractivity contribution >= 4 is 28.7 Å². The fourth-order valence-corrected chi connectivity index (χ4v) is 1.83. The smallest absolute Gasteiger partial charge is 0.130 e. The lowest BCUT2D eigenvalue weighted by Crippen LogP contribution is -2.19. The highest BCUT2D eigenvalue weighted by Gasteiger charge is 2.09. The summed E-state index contributed by atoms with van der Waals surface area (Å²) in [7, 11) is 0. The molecule has 18 heavy (non-hydrogen) atoms. The number of hydrogen-bond acceptors (Lipinski definition) is 2. The first-order valence-electron chi connectivity index (χ1n) is 5.48. The van der Waals surface area contributed by atoms with E-state index in [2.05, 4.69) is 5.32 Å². The van der Waals surface area contributed by atoms with Gasteiger partial charge in [0.2, 0.25) is 0 Å². The van der Waals surface area contributed by atoms with E-state index in [1.54, 1.807) is 0 Å². The van der Waals surface area contributed by atoms with Crippen LogP contribution in [0.25, 0.3) is 0 Å². The number of amidine groups is 1. The molecule has 0 saturated carbocycles. The van der Waals surface area contributed by atoms with E-state index in [9.17, 15) is 0 Å². The SMILES string of the molecule is N=C(Nc1ccccc1)c1ccccc1C(N)=S.